The fraction of sp³-hybridized carbons (Fsp3) is 0.321. The molecule has 0 bridgehead atoms. The number of hydrogen-bond acceptors (Lipinski definition) is 7. The molecule has 8 aliphatic rings. The number of aromatic nitrogens is 4. The van der Waals surface area contributed by atoms with Gasteiger partial charge in [-0.3, -0.25) is 14.5 Å². The van der Waals surface area contributed by atoms with E-state index in [2.05, 4.69) is 457 Å². The van der Waals surface area contributed by atoms with Crippen molar-refractivity contribution in [1.29, 1.82) is 0 Å². The summed E-state index contributed by atoms with van der Waals surface area (Å²) in [6, 6.07) is 79.5. The Kier molecular flexibility index (Phi) is 30.3. The van der Waals surface area contributed by atoms with Crippen molar-refractivity contribution in [3.05, 3.63) is 294 Å². The van der Waals surface area contributed by atoms with Crippen LogP contribution in [0.1, 0.15) is 118 Å². The highest BCUT2D eigenvalue weighted by molar-refractivity contribution is 9.12. The molecule has 686 valence electrons. The molecular formula is C109H102Br12N8O4. The van der Waals surface area contributed by atoms with Crippen molar-refractivity contribution in [2.24, 2.45) is 5.92 Å². The summed E-state index contributed by atoms with van der Waals surface area (Å²) in [5.41, 5.74) is 21.5. The fourth-order valence-electron chi connectivity index (χ4n) is 22.2. The number of benzene rings is 12. The zero-order chi connectivity index (χ0) is 92.3. The van der Waals surface area contributed by atoms with E-state index >= 15 is 0 Å². The molecule has 12 aromatic carbocycles. The maximum absolute atomic E-state index is 11.9. The highest BCUT2D eigenvalue weighted by Crippen LogP contribution is 2.59. The van der Waals surface area contributed by atoms with Crippen LogP contribution in [0.2, 0.25) is 0 Å². The van der Waals surface area contributed by atoms with Gasteiger partial charge in [0.1, 0.15) is 5.78 Å². The number of nitrogens with zero attached hydrogens (tertiary/aromatic N) is 8. The number of hydrogen-bond donors (Lipinski definition) is 1. The summed E-state index contributed by atoms with van der Waals surface area (Å²) in [5, 5.41) is 20.5. The Morgan fingerprint density at radius 1 is 0.323 bits per heavy atom. The molecule has 12 nitrogen and oxygen atoms in total. The van der Waals surface area contributed by atoms with Gasteiger partial charge in [-0.1, -0.05) is 264 Å². The van der Waals surface area contributed by atoms with Gasteiger partial charge in [-0.2, -0.15) is 0 Å². The number of rotatable bonds is 9. The van der Waals surface area contributed by atoms with E-state index in [1.807, 2.05) is 4.90 Å². The van der Waals surface area contributed by atoms with Crippen LogP contribution in [0, 0.1) is 5.92 Å². The summed E-state index contributed by atoms with van der Waals surface area (Å²) in [6.07, 6.45) is 13.6. The average Bonchev–Trinajstić information content (AvgIpc) is 1.56. The summed E-state index contributed by atoms with van der Waals surface area (Å²) in [6.45, 7) is 14.2. The molecule has 0 unspecified atom stereocenters. The third kappa shape index (κ3) is 20.4. The average molecular weight is 2550 g/mol. The number of halogens is 12. The Morgan fingerprint density at radius 2 is 0.624 bits per heavy atom. The van der Waals surface area contributed by atoms with Crippen LogP contribution in [-0.4, -0.2) is 147 Å². The van der Waals surface area contributed by atoms with Crippen LogP contribution in [0.4, 0.5) is 0 Å². The number of ketones is 1. The molecule has 2 spiro atoms. The van der Waals surface area contributed by atoms with E-state index in [1.54, 1.807) is 0 Å². The fourth-order valence-corrected chi connectivity index (χ4v) is 26.4. The molecule has 24 heteroatoms. The normalized spacial score (nSPS) is 17.4. The molecule has 6 fully saturated rings. The molecule has 4 saturated heterocycles. The number of amides is 1. The molecule has 1 N–H and O–H groups in total. The number of carbonyl (C=O) groups is 2. The quantitative estimate of drug-likeness (QED) is 0.154. The Balaban J connectivity index is 0.000000103. The number of morpholine rings is 1. The zero-order valence-electron chi connectivity index (χ0n) is 74.1. The predicted octanol–water partition coefficient (Wildman–Crippen LogP) is 31.9. The second-order valence-electron chi connectivity index (χ2n) is 37.0. The number of aliphatic hydroxyl groups is 1. The van der Waals surface area contributed by atoms with E-state index < -0.39 is 0 Å². The maximum atomic E-state index is 11.9. The van der Waals surface area contributed by atoms with Crippen LogP contribution in [-0.2, 0) is 44.8 Å². The minimum Gasteiger partial charge on any atom is -0.393 e. The van der Waals surface area contributed by atoms with E-state index in [4.69, 9.17) is 4.74 Å². The second-order valence-corrected chi connectivity index (χ2v) is 48.0. The Morgan fingerprint density at radius 3 is 0.970 bits per heavy atom. The summed E-state index contributed by atoms with van der Waals surface area (Å²) >= 11 is 43.4. The molecule has 24 rings (SSSR count). The van der Waals surface area contributed by atoms with Gasteiger partial charge in [0.15, 0.2) is 0 Å². The zero-order valence-corrected chi connectivity index (χ0v) is 93.1. The van der Waals surface area contributed by atoms with Crippen LogP contribution < -0.4 is 0 Å². The number of fused-ring (bicyclic) bond motifs is 22. The largest absolute Gasteiger partial charge is 0.393 e. The van der Waals surface area contributed by atoms with Crippen molar-refractivity contribution >= 4 is 290 Å². The lowest BCUT2D eigenvalue weighted by Crippen LogP contribution is -2.38. The lowest BCUT2D eigenvalue weighted by Gasteiger charge is -2.38. The summed E-state index contributed by atoms with van der Waals surface area (Å²) in [5.74, 6) is 1.46. The Labute approximate surface area is 878 Å². The van der Waals surface area contributed by atoms with E-state index in [9.17, 15) is 14.7 Å². The van der Waals surface area contributed by atoms with E-state index in [-0.39, 0.29) is 22.8 Å². The van der Waals surface area contributed by atoms with Gasteiger partial charge in [0.2, 0.25) is 5.91 Å². The molecule has 8 heterocycles. The number of ether oxygens (including phenoxy) is 1. The first-order valence-electron chi connectivity index (χ1n) is 46.2. The number of Topliss-reactive ketones (excluding diaryl/α,β-unsaturated/α-hetero) is 1. The van der Waals surface area contributed by atoms with Crippen molar-refractivity contribution in [3.63, 3.8) is 0 Å². The smallest absolute Gasteiger partial charge is 0.222 e. The third-order valence-corrected chi connectivity index (χ3v) is 34.9. The van der Waals surface area contributed by atoms with Crippen molar-refractivity contribution in [1.82, 2.24) is 37.9 Å². The van der Waals surface area contributed by atoms with Gasteiger partial charge in [-0.05, 0) is 307 Å². The molecule has 0 radical (unpaired) electrons. The minimum absolute atomic E-state index is 0.0200. The first-order valence-corrected chi connectivity index (χ1v) is 55.7. The highest BCUT2D eigenvalue weighted by atomic mass is 79.9. The molecule has 0 atom stereocenters. The number of likely N-dealkylation sites (tertiary alicyclic amines) is 3. The van der Waals surface area contributed by atoms with Crippen LogP contribution in [0.3, 0.4) is 0 Å². The molecular weight excluding hydrogens is 2440 g/mol. The first kappa shape index (κ1) is 96.4. The number of piperidine rings is 2. The predicted molar refractivity (Wildman–Crippen MR) is 593 cm³/mol. The lowest BCUT2D eigenvalue weighted by molar-refractivity contribution is -0.127. The van der Waals surface area contributed by atoms with Crippen LogP contribution in [0.25, 0.3) is 109 Å². The molecule has 16 aromatic rings. The van der Waals surface area contributed by atoms with E-state index in [0.717, 1.165) is 170 Å². The van der Waals surface area contributed by atoms with Crippen molar-refractivity contribution < 1.29 is 19.4 Å². The van der Waals surface area contributed by atoms with Gasteiger partial charge in [0.05, 0.1) is 63.5 Å². The SMILES string of the molecule is Brc1ccc2c3ccc(Br)cc3n(CCN3CCOCC3)c2c1.CN1CCC(Cn2c3cc(Br)ccc3c3ccc(Br)cc32)CC1.CN1CCC(n2c3cc(Br)ccc3c3ccc(Br)cc32)CC1.O=C1CCC2(CC1)c1cc(Br)ccc1-c1ccc(Br)cc12.O=C1CCCN1CCn1c2cc(Br)ccc2c2ccc(Br)cc21.OC1CCC2(CC1)c1cc(Br)ccc1-c1ccc(Br)cc12. The number of carbonyl (C=O) groups excluding carboxylic acids is 2. The summed E-state index contributed by atoms with van der Waals surface area (Å²) in [4.78, 5) is 32.9. The van der Waals surface area contributed by atoms with Crippen LogP contribution >= 0.6 is 191 Å². The second kappa shape index (κ2) is 41.8. The van der Waals surface area contributed by atoms with E-state index in [0.29, 0.717) is 31.1 Å². The minimum atomic E-state index is -0.137. The van der Waals surface area contributed by atoms with Crippen LogP contribution in [0.5, 0.6) is 0 Å². The monoisotopic (exact) mass is 2530 g/mol. The molecule has 2 saturated carbocycles. The number of aliphatic hydroxyl groups excluding tert-OH is 1. The molecule has 4 aliphatic heterocycles. The Hall–Kier alpha value is -5.46. The molecule has 4 aromatic heterocycles. The summed E-state index contributed by atoms with van der Waals surface area (Å²) < 4.78 is 28.8. The van der Waals surface area contributed by atoms with Gasteiger partial charge in [-0.15, -0.1) is 0 Å². The standard InChI is InChI=1S/C19H20Br2N2.C18H18Br2N2O.C18H16Br2N2O.C18H18Br2N2.C18H16Br2O.C18H14Br2O/c1-22-8-6-13(7-9-22)12-23-18-10-14(20)2-4-16(18)17-5-3-15(21)11-19(17)23;19-13-1-3-15-16-4-2-14(20)12-18(16)22(17(15)11-13)6-5-21-7-9-23-10-8-21;19-12-3-5-14-15-6-4-13(20)11-17(15)22(16(14)10-12)9-8-21-7-1-2-18(21)23;1-21-8-6-14(7-9-21)22-17-10-12(19)2-4-15(17)16-5-3-13(20)11-18(16)22;2*19-11-1-3-14-15-4-2-12(20)10-17(15)18(16(14)9-11)7-5-13(21)6-8-18/h2-5,10-11,13H,6-9,12H2,1H3;1-4,11-12H,5-10H2;3-6,10-11H,1-2,7-9H2;2-5,10-11,14H,6-9H2,1H3;1-4,9-10,13,21H,5-8H2;1-4,9-10H,5-8H2. The first-order chi connectivity index (χ1) is 64.3. The van der Waals surface area contributed by atoms with Gasteiger partial charge >= 0.3 is 0 Å². The van der Waals surface area contributed by atoms with E-state index in [1.165, 1.54) is 184 Å². The van der Waals surface area contributed by atoms with Crippen LogP contribution in [0.15, 0.2) is 272 Å². The van der Waals surface area contributed by atoms with Gasteiger partial charge in [-0.25, -0.2) is 0 Å². The van der Waals surface area contributed by atoms with Gasteiger partial charge in [0.25, 0.3) is 0 Å². The summed E-state index contributed by atoms with van der Waals surface area (Å²) in [7, 11) is 4.44. The Bertz CT molecular complexity index is 6780. The maximum Gasteiger partial charge on any atom is 0.222 e. The third-order valence-electron chi connectivity index (χ3n) is 29.0. The molecule has 4 aliphatic carbocycles. The topological polar surface area (TPSA) is 96.3 Å². The van der Waals surface area contributed by atoms with Crippen molar-refractivity contribution in [2.75, 3.05) is 86.2 Å². The molecule has 133 heavy (non-hydrogen) atoms. The van der Waals surface area contributed by atoms with Crippen molar-refractivity contribution in [2.45, 2.75) is 133 Å². The van der Waals surface area contributed by atoms with Gasteiger partial charge in [0, 0.05) is 185 Å². The highest BCUT2D eigenvalue weighted by Gasteiger charge is 2.47. The van der Waals surface area contributed by atoms with Crippen molar-refractivity contribution in [3.8, 4) is 22.3 Å². The lowest BCUT2D eigenvalue weighted by atomic mass is 9.67. The molecule has 1 amide bonds. The van der Waals surface area contributed by atoms with Gasteiger partial charge < -0.3 is 42.8 Å².